The molecule has 2 aromatic rings. The SMILES string of the molecule is O=C(c1cc(S(=O)(=O)[AsH2])ccc1N1CCOCC1)N1CCN(c2ccccc2)CC1. The van der Waals surface area contributed by atoms with Gasteiger partial charge in [-0.25, -0.2) is 0 Å². The molecule has 2 aromatic carbocycles. The van der Waals surface area contributed by atoms with Crippen molar-refractivity contribution >= 4 is 41.1 Å². The first-order chi connectivity index (χ1) is 14.4. The zero-order valence-corrected chi connectivity index (χ0v) is 20.0. The molecule has 0 bridgehead atoms. The molecule has 0 radical (unpaired) electrons. The van der Waals surface area contributed by atoms with Crippen LogP contribution in [0.15, 0.2) is 53.4 Å². The maximum atomic E-state index is 13.4. The number of amides is 1. The normalized spacial score (nSPS) is 17.8. The van der Waals surface area contributed by atoms with E-state index in [1.54, 1.807) is 18.2 Å². The van der Waals surface area contributed by atoms with Crippen molar-refractivity contribution in [1.82, 2.24) is 4.90 Å². The van der Waals surface area contributed by atoms with E-state index >= 15 is 0 Å². The number of benzene rings is 2. The molecule has 7 nitrogen and oxygen atoms in total. The average molecular weight is 491 g/mol. The van der Waals surface area contributed by atoms with Crippen LogP contribution in [0.2, 0.25) is 0 Å². The van der Waals surface area contributed by atoms with Crippen molar-refractivity contribution in [2.45, 2.75) is 4.90 Å². The van der Waals surface area contributed by atoms with Gasteiger partial charge in [-0.2, -0.15) is 0 Å². The Morgan fingerprint density at radius 1 is 0.867 bits per heavy atom. The van der Waals surface area contributed by atoms with Crippen LogP contribution in [0.5, 0.6) is 0 Å². The number of rotatable bonds is 4. The molecule has 2 saturated heterocycles. The number of morpholine rings is 1. The summed E-state index contributed by atoms with van der Waals surface area (Å²) in [7, 11) is -3.34. The molecule has 2 heterocycles. The summed E-state index contributed by atoms with van der Waals surface area (Å²) in [4.78, 5) is 19.8. The van der Waals surface area contributed by atoms with E-state index in [1.165, 1.54) is 0 Å². The topological polar surface area (TPSA) is 70.2 Å². The van der Waals surface area contributed by atoms with Crippen molar-refractivity contribution in [3.63, 3.8) is 0 Å². The van der Waals surface area contributed by atoms with Crippen molar-refractivity contribution in [3.05, 3.63) is 54.1 Å². The van der Waals surface area contributed by atoms with Gasteiger partial charge in [0.15, 0.2) is 0 Å². The first-order valence-corrected chi connectivity index (χ1v) is 14.5. The summed E-state index contributed by atoms with van der Waals surface area (Å²) in [5.41, 5.74) is 2.40. The third kappa shape index (κ3) is 4.66. The van der Waals surface area contributed by atoms with Crippen LogP contribution in [0, 0.1) is 0 Å². The standard InChI is InChI=1S/C21H26AsN3O4S/c22-30(27,28)18-6-7-20(24-12-14-29-15-13-24)19(16-18)21(26)25-10-8-23(9-11-25)17-4-2-1-3-5-17/h1-7,16H,8-15,22H2. The van der Waals surface area contributed by atoms with Gasteiger partial charge in [0, 0.05) is 0 Å². The predicted molar refractivity (Wildman–Crippen MR) is 120 cm³/mol. The van der Waals surface area contributed by atoms with Gasteiger partial charge in [0.2, 0.25) is 0 Å². The van der Waals surface area contributed by atoms with E-state index in [9.17, 15) is 13.2 Å². The molecule has 0 aromatic heterocycles. The molecular formula is C21H26AsN3O4S. The Balaban J connectivity index is 1.57. The summed E-state index contributed by atoms with van der Waals surface area (Å²) in [6, 6.07) is 15.1. The van der Waals surface area contributed by atoms with Crippen molar-refractivity contribution < 1.29 is 17.9 Å². The molecule has 2 fully saturated rings. The van der Waals surface area contributed by atoms with E-state index in [1.807, 2.05) is 23.1 Å². The van der Waals surface area contributed by atoms with Gasteiger partial charge < -0.3 is 0 Å². The third-order valence-electron chi connectivity index (χ3n) is 5.57. The number of carbonyl (C=O) groups excluding carboxylic acids is 1. The quantitative estimate of drug-likeness (QED) is 0.590. The Morgan fingerprint density at radius 2 is 1.53 bits per heavy atom. The Labute approximate surface area is 185 Å². The van der Waals surface area contributed by atoms with E-state index in [0.29, 0.717) is 60.7 Å². The molecule has 0 saturated carbocycles. The minimum absolute atomic E-state index is 0.109. The fourth-order valence-corrected chi connectivity index (χ4v) is 5.38. The van der Waals surface area contributed by atoms with Crippen LogP contribution in [-0.4, -0.2) is 87.4 Å². The number of ether oxygens (including phenoxy) is 1. The first-order valence-electron chi connectivity index (χ1n) is 10.0. The molecule has 0 N–H and O–H groups in total. The molecule has 1 unspecified atom stereocenters. The van der Waals surface area contributed by atoms with Crippen LogP contribution in [-0.2, 0) is 12.8 Å². The molecule has 30 heavy (non-hydrogen) atoms. The zero-order chi connectivity index (χ0) is 21.1. The Kier molecular flexibility index (Phi) is 6.37. The average Bonchev–Trinajstić information content (AvgIpc) is 2.79. The van der Waals surface area contributed by atoms with Crippen molar-refractivity contribution in [2.24, 2.45) is 0 Å². The van der Waals surface area contributed by atoms with Crippen LogP contribution >= 0.6 is 0 Å². The molecule has 2 aliphatic rings. The number of piperazine rings is 1. The molecule has 0 spiro atoms. The molecular weight excluding hydrogens is 465 g/mol. The molecule has 0 aliphatic carbocycles. The molecule has 160 valence electrons. The van der Waals surface area contributed by atoms with Crippen LogP contribution < -0.4 is 9.80 Å². The van der Waals surface area contributed by atoms with Gasteiger partial charge >= 0.3 is 179 Å². The molecule has 2 aliphatic heterocycles. The molecule has 9 heteroatoms. The zero-order valence-electron chi connectivity index (χ0n) is 16.7. The van der Waals surface area contributed by atoms with Crippen LogP contribution in [0.25, 0.3) is 0 Å². The number of hydrogen-bond acceptors (Lipinski definition) is 6. The molecule has 1 amide bonds. The second-order valence-corrected chi connectivity index (χ2v) is 12.9. The molecule has 1 atom stereocenters. The van der Waals surface area contributed by atoms with E-state index in [0.717, 1.165) is 24.5 Å². The van der Waals surface area contributed by atoms with Crippen molar-refractivity contribution in [3.8, 4) is 0 Å². The number of anilines is 2. The number of hydrogen-bond donors (Lipinski definition) is 0. The first kappa shape index (κ1) is 21.2. The minimum atomic E-state index is -3.34. The number of para-hydroxylation sites is 1. The van der Waals surface area contributed by atoms with E-state index < -0.39 is 8.10 Å². The van der Waals surface area contributed by atoms with E-state index in [4.69, 9.17) is 4.74 Å². The van der Waals surface area contributed by atoms with Gasteiger partial charge in [-0.05, 0) is 0 Å². The number of carbonyl (C=O) groups is 1. The monoisotopic (exact) mass is 491 g/mol. The Hall–Kier alpha value is -2.02. The summed E-state index contributed by atoms with van der Waals surface area (Å²) in [6.07, 6.45) is 0. The Morgan fingerprint density at radius 3 is 2.17 bits per heavy atom. The fourth-order valence-electron chi connectivity index (χ4n) is 3.92. The van der Waals surface area contributed by atoms with Gasteiger partial charge in [0.25, 0.3) is 0 Å². The van der Waals surface area contributed by atoms with Crippen LogP contribution in [0.3, 0.4) is 0 Å². The second-order valence-electron chi connectivity index (χ2n) is 7.44. The summed E-state index contributed by atoms with van der Waals surface area (Å²) in [6.45, 7) is 5.26. The van der Waals surface area contributed by atoms with Gasteiger partial charge in [-0.15, -0.1) is 0 Å². The van der Waals surface area contributed by atoms with Crippen molar-refractivity contribution in [1.29, 1.82) is 0 Å². The van der Waals surface area contributed by atoms with Crippen molar-refractivity contribution in [2.75, 3.05) is 62.3 Å². The van der Waals surface area contributed by atoms with E-state index in [-0.39, 0.29) is 10.8 Å². The van der Waals surface area contributed by atoms with Gasteiger partial charge in [0.1, 0.15) is 0 Å². The summed E-state index contributed by atoms with van der Waals surface area (Å²) in [5, 5.41) is 0. The Bertz CT molecular complexity index is 1000. The molecule has 4 rings (SSSR count). The van der Waals surface area contributed by atoms with Gasteiger partial charge in [0.05, 0.1) is 0 Å². The summed E-state index contributed by atoms with van der Waals surface area (Å²) < 4.78 is 29.7. The fraction of sp³-hybridized carbons (Fsp3) is 0.381. The van der Waals surface area contributed by atoms with Gasteiger partial charge in [-0.3, -0.25) is 0 Å². The predicted octanol–water partition coefficient (Wildman–Crippen LogP) is 0.807. The summed E-state index contributed by atoms with van der Waals surface area (Å²) >= 11 is 0.651. The van der Waals surface area contributed by atoms with E-state index in [2.05, 4.69) is 21.9 Å². The van der Waals surface area contributed by atoms with Crippen LogP contribution in [0.1, 0.15) is 10.4 Å². The summed E-state index contributed by atoms with van der Waals surface area (Å²) in [5.74, 6) is -0.109. The third-order valence-corrected chi connectivity index (χ3v) is 8.19. The van der Waals surface area contributed by atoms with Gasteiger partial charge in [-0.1, -0.05) is 6.07 Å². The number of nitrogens with zero attached hydrogens (tertiary/aromatic N) is 3. The second kappa shape index (κ2) is 9.00. The van der Waals surface area contributed by atoms with Crippen LogP contribution in [0.4, 0.5) is 11.4 Å². The maximum absolute atomic E-state index is 13.4.